The second-order valence-corrected chi connectivity index (χ2v) is 6.59. The summed E-state index contributed by atoms with van der Waals surface area (Å²) in [5.74, 6) is 0. The van der Waals surface area contributed by atoms with Gasteiger partial charge < -0.3 is 19.9 Å². The number of hydrogen-bond donors (Lipinski definition) is 2. The fourth-order valence-corrected chi connectivity index (χ4v) is 3.75. The molecule has 2 aromatic heterocycles. The van der Waals surface area contributed by atoms with Crippen molar-refractivity contribution in [3.63, 3.8) is 0 Å². The number of nitrogens with one attached hydrogen (secondary N) is 2. The smallest absolute Gasteiger partial charge is 0.170 e. The van der Waals surface area contributed by atoms with Crippen molar-refractivity contribution in [2.75, 3.05) is 20.3 Å². The second-order valence-electron chi connectivity index (χ2n) is 6.20. The van der Waals surface area contributed by atoms with Crippen molar-refractivity contribution in [2.45, 2.75) is 32.4 Å². The third kappa shape index (κ3) is 3.30. The summed E-state index contributed by atoms with van der Waals surface area (Å²) in [6.07, 6.45) is 2.77. The predicted molar refractivity (Wildman–Crippen MR) is 98.9 cm³/mol. The molecule has 3 rings (SSSR count). The predicted octanol–water partition coefficient (Wildman–Crippen LogP) is 3.04. The highest BCUT2D eigenvalue weighted by molar-refractivity contribution is 7.80. The normalized spacial score (nSPS) is 20.5. The number of hydrogen-bond acceptors (Lipinski definition) is 3. The lowest BCUT2D eigenvalue weighted by molar-refractivity contribution is 0.180. The van der Waals surface area contributed by atoms with Crippen molar-refractivity contribution in [3.05, 3.63) is 53.1 Å². The van der Waals surface area contributed by atoms with Gasteiger partial charge in [0.05, 0.1) is 17.8 Å². The zero-order valence-electron chi connectivity index (χ0n) is 14.4. The van der Waals surface area contributed by atoms with Gasteiger partial charge in [-0.05, 0) is 56.2 Å². The van der Waals surface area contributed by atoms with Gasteiger partial charge in [-0.25, -0.2) is 0 Å². The van der Waals surface area contributed by atoms with Crippen LogP contribution in [-0.4, -0.2) is 40.2 Å². The second kappa shape index (κ2) is 7.32. The first-order valence-electron chi connectivity index (χ1n) is 8.25. The van der Waals surface area contributed by atoms with E-state index in [4.69, 9.17) is 17.0 Å². The van der Waals surface area contributed by atoms with Gasteiger partial charge in [-0.3, -0.25) is 4.98 Å². The Balaban J connectivity index is 1.96. The number of H-pyrrole nitrogens is 1. The van der Waals surface area contributed by atoms with Gasteiger partial charge >= 0.3 is 0 Å². The zero-order valence-corrected chi connectivity index (χ0v) is 15.2. The van der Waals surface area contributed by atoms with Gasteiger partial charge in [0.1, 0.15) is 0 Å². The van der Waals surface area contributed by atoms with Crippen molar-refractivity contribution >= 4 is 17.3 Å². The molecule has 1 aliphatic rings. The number of rotatable bonds is 6. The van der Waals surface area contributed by atoms with E-state index in [1.807, 2.05) is 18.3 Å². The van der Waals surface area contributed by atoms with E-state index < -0.39 is 0 Å². The average Bonchev–Trinajstić information content (AvgIpc) is 3.07. The van der Waals surface area contributed by atoms with Crippen LogP contribution < -0.4 is 5.32 Å². The van der Waals surface area contributed by atoms with Crippen LogP contribution >= 0.6 is 12.2 Å². The van der Waals surface area contributed by atoms with Crippen molar-refractivity contribution < 1.29 is 4.74 Å². The molecule has 5 nitrogen and oxygen atoms in total. The van der Waals surface area contributed by atoms with E-state index >= 15 is 0 Å². The maximum atomic E-state index is 5.63. The van der Waals surface area contributed by atoms with E-state index in [0.717, 1.165) is 36.1 Å². The molecular formula is C18H24N4OS. The first kappa shape index (κ1) is 16.9. The van der Waals surface area contributed by atoms with Crippen LogP contribution in [-0.2, 0) is 4.74 Å². The van der Waals surface area contributed by atoms with Crippen LogP contribution in [0.5, 0.6) is 0 Å². The lowest BCUT2D eigenvalue weighted by Crippen LogP contribution is -2.31. The Labute approximate surface area is 148 Å². The van der Waals surface area contributed by atoms with Crippen molar-refractivity contribution in [1.82, 2.24) is 20.2 Å². The van der Waals surface area contributed by atoms with Gasteiger partial charge in [0.15, 0.2) is 5.11 Å². The number of thiocarbonyl (C=S) groups is 1. The summed E-state index contributed by atoms with van der Waals surface area (Å²) in [5, 5.41) is 4.25. The Morgan fingerprint density at radius 1 is 1.33 bits per heavy atom. The van der Waals surface area contributed by atoms with Crippen molar-refractivity contribution in [1.29, 1.82) is 0 Å². The molecule has 1 saturated heterocycles. The summed E-state index contributed by atoms with van der Waals surface area (Å²) < 4.78 is 5.21. The van der Waals surface area contributed by atoms with Crippen LogP contribution in [0.15, 0.2) is 30.5 Å². The SMILES string of the molecule is COCCCN1C(=S)N[C@@H](c2ccccn2)[C@H]1c1cc(C)[nH]c1C. The van der Waals surface area contributed by atoms with E-state index in [-0.39, 0.29) is 12.1 Å². The van der Waals surface area contributed by atoms with Gasteiger partial charge in [-0.2, -0.15) is 0 Å². The largest absolute Gasteiger partial charge is 0.385 e. The van der Waals surface area contributed by atoms with Crippen LogP contribution in [0.4, 0.5) is 0 Å². The summed E-state index contributed by atoms with van der Waals surface area (Å²) in [6, 6.07) is 8.42. The van der Waals surface area contributed by atoms with Crippen LogP contribution in [0, 0.1) is 13.8 Å². The maximum Gasteiger partial charge on any atom is 0.170 e. The first-order chi connectivity index (χ1) is 11.6. The van der Waals surface area contributed by atoms with E-state index in [1.54, 1.807) is 7.11 Å². The quantitative estimate of drug-likeness (QED) is 0.623. The molecule has 1 fully saturated rings. The molecule has 6 heteroatoms. The Kier molecular flexibility index (Phi) is 5.16. The molecule has 3 heterocycles. The Hall–Kier alpha value is -1.92. The molecule has 128 valence electrons. The van der Waals surface area contributed by atoms with E-state index in [0.29, 0.717) is 0 Å². The van der Waals surface area contributed by atoms with Crippen LogP contribution in [0.2, 0.25) is 0 Å². The van der Waals surface area contributed by atoms with Crippen LogP contribution in [0.25, 0.3) is 0 Å². The minimum atomic E-state index is 0.0511. The molecule has 2 aromatic rings. The monoisotopic (exact) mass is 344 g/mol. The summed E-state index contributed by atoms with van der Waals surface area (Å²) in [6.45, 7) is 5.79. The number of aromatic nitrogens is 2. The number of methoxy groups -OCH3 is 1. The van der Waals surface area contributed by atoms with Crippen LogP contribution in [0.3, 0.4) is 0 Å². The molecule has 0 unspecified atom stereocenters. The lowest BCUT2D eigenvalue weighted by atomic mass is 9.97. The standard InChI is InChI=1S/C18H24N4OS/c1-12-11-14(13(2)20-12)17-16(15-7-4-5-8-19-15)21-18(24)22(17)9-6-10-23-3/h4-5,7-8,11,16-17,20H,6,9-10H2,1-3H3,(H,21,24)/t16-,17+/m0/s1. The molecule has 0 amide bonds. The van der Waals surface area contributed by atoms with Gasteiger partial charge in [-0.15, -0.1) is 0 Å². The van der Waals surface area contributed by atoms with Crippen LogP contribution in [0.1, 0.15) is 41.1 Å². The molecule has 0 spiro atoms. The molecule has 0 radical (unpaired) electrons. The third-order valence-electron chi connectivity index (χ3n) is 4.45. The Morgan fingerprint density at radius 3 is 2.79 bits per heavy atom. The van der Waals surface area contributed by atoms with Crippen molar-refractivity contribution in [3.8, 4) is 0 Å². The molecule has 0 aliphatic carbocycles. The maximum absolute atomic E-state index is 5.63. The molecule has 24 heavy (non-hydrogen) atoms. The van der Waals surface area contributed by atoms with Gasteiger partial charge in [0.2, 0.25) is 0 Å². The highest BCUT2D eigenvalue weighted by Gasteiger charge is 2.40. The molecule has 0 bridgehead atoms. The molecule has 2 atom stereocenters. The molecule has 1 aliphatic heterocycles. The number of pyridine rings is 1. The number of aromatic amines is 1. The topological polar surface area (TPSA) is 53.2 Å². The minimum absolute atomic E-state index is 0.0511. The van der Waals surface area contributed by atoms with E-state index in [1.165, 1.54) is 11.3 Å². The number of nitrogens with zero attached hydrogens (tertiary/aromatic N) is 2. The zero-order chi connectivity index (χ0) is 17.1. The average molecular weight is 344 g/mol. The van der Waals surface area contributed by atoms with E-state index in [2.05, 4.69) is 46.2 Å². The summed E-state index contributed by atoms with van der Waals surface area (Å²) in [5.41, 5.74) is 4.63. The highest BCUT2D eigenvalue weighted by Crippen LogP contribution is 2.40. The third-order valence-corrected chi connectivity index (χ3v) is 4.81. The Bertz CT molecular complexity index is 700. The fourth-order valence-electron chi connectivity index (χ4n) is 3.42. The molecular weight excluding hydrogens is 320 g/mol. The van der Waals surface area contributed by atoms with Gasteiger partial charge in [-0.1, -0.05) is 6.07 Å². The van der Waals surface area contributed by atoms with E-state index in [9.17, 15) is 0 Å². The lowest BCUT2D eigenvalue weighted by Gasteiger charge is -2.27. The van der Waals surface area contributed by atoms with Gasteiger partial charge in [0.25, 0.3) is 0 Å². The fraction of sp³-hybridized carbons (Fsp3) is 0.444. The first-order valence-corrected chi connectivity index (χ1v) is 8.65. The van der Waals surface area contributed by atoms with Gasteiger partial charge in [0, 0.05) is 37.8 Å². The van der Waals surface area contributed by atoms with Crippen molar-refractivity contribution in [2.24, 2.45) is 0 Å². The highest BCUT2D eigenvalue weighted by atomic mass is 32.1. The summed E-state index contributed by atoms with van der Waals surface area (Å²) >= 11 is 5.63. The molecule has 2 N–H and O–H groups in total. The Morgan fingerprint density at radius 2 is 2.17 bits per heavy atom. The minimum Gasteiger partial charge on any atom is -0.385 e. The number of ether oxygens (including phenoxy) is 1. The molecule has 0 aromatic carbocycles. The number of aryl methyl sites for hydroxylation is 2. The summed E-state index contributed by atoms with van der Waals surface area (Å²) in [7, 11) is 1.73. The summed E-state index contributed by atoms with van der Waals surface area (Å²) in [4.78, 5) is 10.2. The molecule has 0 saturated carbocycles.